The number of carbonyl (C=O) groups is 2. The fourth-order valence-corrected chi connectivity index (χ4v) is 4.25. The first kappa shape index (κ1) is 17.9. The lowest BCUT2D eigenvalue weighted by Crippen LogP contribution is -2.43. The predicted molar refractivity (Wildman–Crippen MR) is 92.4 cm³/mol. The summed E-state index contributed by atoms with van der Waals surface area (Å²) in [6.07, 6.45) is 2.19. The van der Waals surface area contributed by atoms with Gasteiger partial charge in [0.1, 0.15) is 12.2 Å². The molecule has 1 saturated carbocycles. The lowest BCUT2D eigenvalue weighted by molar-refractivity contribution is -0.157. The molecular weight excluding hydrogens is 320 g/mol. The van der Waals surface area contributed by atoms with Crippen LogP contribution in [0.5, 0.6) is 0 Å². The molecule has 1 heterocycles. The molecule has 3 aliphatic rings. The largest absolute Gasteiger partial charge is 0.461 e. The van der Waals surface area contributed by atoms with Crippen molar-refractivity contribution in [2.24, 2.45) is 17.8 Å². The Bertz CT molecular complexity index is 676. The van der Waals surface area contributed by atoms with E-state index in [4.69, 9.17) is 9.47 Å². The third-order valence-electron chi connectivity index (χ3n) is 6.07. The standard InChI is InChI=1S/C20H26O5/c1-6-10(2)18(21)24-14-9-12(4)20(23)8-7-11(3)16(20)17-15(14)13(5)19(22)25-17/h7,10,14-17,23H,4-6,8-9H2,1-3H3/t10?,14-,15+,16+,17-,20+/m0/s1. The summed E-state index contributed by atoms with van der Waals surface area (Å²) >= 11 is 0. The second-order valence-electron chi connectivity index (χ2n) is 7.57. The molecule has 1 aliphatic heterocycles. The number of esters is 2. The smallest absolute Gasteiger partial charge is 0.334 e. The van der Waals surface area contributed by atoms with Crippen LogP contribution in [-0.2, 0) is 19.1 Å². The summed E-state index contributed by atoms with van der Waals surface area (Å²) in [6.45, 7) is 13.6. The highest BCUT2D eigenvalue weighted by Crippen LogP contribution is 2.53. The van der Waals surface area contributed by atoms with Crippen molar-refractivity contribution in [3.05, 3.63) is 36.0 Å². The summed E-state index contributed by atoms with van der Waals surface area (Å²) in [5.74, 6) is -1.85. The summed E-state index contributed by atoms with van der Waals surface area (Å²) in [5, 5.41) is 11.2. The molecule has 5 heteroatoms. The van der Waals surface area contributed by atoms with Crippen molar-refractivity contribution in [3.8, 4) is 0 Å². The van der Waals surface area contributed by atoms with Crippen LogP contribution in [0.1, 0.15) is 40.0 Å². The summed E-state index contributed by atoms with van der Waals surface area (Å²) < 4.78 is 11.3. The zero-order valence-corrected chi connectivity index (χ0v) is 15.1. The monoisotopic (exact) mass is 346 g/mol. The first-order chi connectivity index (χ1) is 11.7. The van der Waals surface area contributed by atoms with Gasteiger partial charge in [0.15, 0.2) is 0 Å². The van der Waals surface area contributed by atoms with Gasteiger partial charge in [-0.3, -0.25) is 4.79 Å². The topological polar surface area (TPSA) is 72.8 Å². The summed E-state index contributed by atoms with van der Waals surface area (Å²) in [5.41, 5.74) is 0.722. The molecule has 0 aromatic rings. The quantitative estimate of drug-likeness (QED) is 0.483. The Morgan fingerprint density at radius 3 is 2.84 bits per heavy atom. The second-order valence-corrected chi connectivity index (χ2v) is 7.57. The minimum absolute atomic E-state index is 0.231. The first-order valence-electron chi connectivity index (χ1n) is 8.88. The highest BCUT2D eigenvalue weighted by Gasteiger charge is 2.59. The molecule has 0 radical (unpaired) electrons. The molecule has 5 nitrogen and oxygen atoms in total. The zero-order valence-electron chi connectivity index (χ0n) is 15.1. The SMILES string of the molecule is C=C1C(=O)O[C@H]2[C@H]1[C@@H](OC(=O)C(C)CC)CC(=C)[C@]1(O)CC=C(C)[C@H]21. The van der Waals surface area contributed by atoms with Gasteiger partial charge in [-0.25, -0.2) is 4.79 Å². The van der Waals surface area contributed by atoms with Gasteiger partial charge in [0, 0.05) is 12.0 Å². The Morgan fingerprint density at radius 2 is 2.20 bits per heavy atom. The maximum atomic E-state index is 12.3. The Kier molecular flexibility index (Phi) is 4.40. The zero-order chi connectivity index (χ0) is 18.5. The fourth-order valence-electron chi connectivity index (χ4n) is 4.25. The van der Waals surface area contributed by atoms with Crippen LogP contribution in [0.25, 0.3) is 0 Å². The van der Waals surface area contributed by atoms with Gasteiger partial charge in [-0.15, -0.1) is 0 Å². The Hall–Kier alpha value is -1.88. The van der Waals surface area contributed by atoms with Crippen molar-refractivity contribution < 1.29 is 24.2 Å². The molecule has 0 amide bonds. The maximum absolute atomic E-state index is 12.3. The van der Waals surface area contributed by atoms with Crippen LogP contribution in [0.4, 0.5) is 0 Å². The summed E-state index contributed by atoms with van der Waals surface area (Å²) in [7, 11) is 0. The summed E-state index contributed by atoms with van der Waals surface area (Å²) in [6, 6.07) is 0. The number of hydrogen-bond acceptors (Lipinski definition) is 5. The second kappa shape index (κ2) is 6.13. The fraction of sp³-hybridized carbons (Fsp3) is 0.600. The number of rotatable bonds is 3. The predicted octanol–water partition coefficient (Wildman–Crippen LogP) is 2.70. The van der Waals surface area contributed by atoms with Crippen molar-refractivity contribution in [2.75, 3.05) is 0 Å². The molecule has 1 unspecified atom stereocenters. The minimum Gasteiger partial charge on any atom is -0.461 e. The van der Waals surface area contributed by atoms with E-state index >= 15 is 0 Å². The van der Waals surface area contributed by atoms with Gasteiger partial charge in [-0.05, 0) is 25.3 Å². The molecule has 6 atom stereocenters. The lowest BCUT2D eigenvalue weighted by Gasteiger charge is -2.34. The van der Waals surface area contributed by atoms with Crippen LogP contribution >= 0.6 is 0 Å². The van der Waals surface area contributed by atoms with E-state index < -0.39 is 29.7 Å². The Morgan fingerprint density at radius 1 is 1.52 bits per heavy atom. The molecule has 1 saturated heterocycles. The number of fused-ring (bicyclic) bond motifs is 3. The van der Waals surface area contributed by atoms with E-state index in [1.807, 2.05) is 26.8 Å². The van der Waals surface area contributed by atoms with Crippen LogP contribution in [0.15, 0.2) is 36.0 Å². The molecule has 0 aromatic carbocycles. The minimum atomic E-state index is -1.17. The number of aliphatic hydroxyl groups is 1. The van der Waals surface area contributed by atoms with Crippen LogP contribution < -0.4 is 0 Å². The number of carbonyl (C=O) groups excluding carboxylic acids is 2. The highest BCUT2D eigenvalue weighted by molar-refractivity contribution is 5.91. The van der Waals surface area contributed by atoms with E-state index in [9.17, 15) is 14.7 Å². The first-order valence-corrected chi connectivity index (χ1v) is 8.88. The van der Waals surface area contributed by atoms with Crippen molar-refractivity contribution in [2.45, 2.75) is 57.8 Å². The van der Waals surface area contributed by atoms with Gasteiger partial charge in [0.25, 0.3) is 0 Å². The van der Waals surface area contributed by atoms with Gasteiger partial charge in [0.2, 0.25) is 0 Å². The van der Waals surface area contributed by atoms with E-state index in [2.05, 4.69) is 13.2 Å². The molecule has 25 heavy (non-hydrogen) atoms. The van der Waals surface area contributed by atoms with E-state index in [1.54, 1.807) is 0 Å². The average Bonchev–Trinajstić information content (AvgIpc) is 3.00. The third-order valence-corrected chi connectivity index (χ3v) is 6.07. The third kappa shape index (κ3) is 2.65. The van der Waals surface area contributed by atoms with Crippen molar-refractivity contribution in [1.82, 2.24) is 0 Å². The Balaban J connectivity index is 1.99. The van der Waals surface area contributed by atoms with Crippen molar-refractivity contribution in [1.29, 1.82) is 0 Å². The molecule has 3 rings (SSSR count). The van der Waals surface area contributed by atoms with E-state index in [0.29, 0.717) is 30.4 Å². The van der Waals surface area contributed by atoms with Gasteiger partial charge in [-0.2, -0.15) is 0 Å². The molecule has 2 aliphatic carbocycles. The van der Waals surface area contributed by atoms with Crippen LogP contribution in [-0.4, -0.2) is 34.9 Å². The molecule has 1 N–H and O–H groups in total. The number of hydrogen-bond donors (Lipinski definition) is 1. The van der Waals surface area contributed by atoms with Gasteiger partial charge in [-0.1, -0.05) is 38.7 Å². The van der Waals surface area contributed by atoms with Crippen molar-refractivity contribution in [3.63, 3.8) is 0 Å². The molecule has 2 fully saturated rings. The van der Waals surface area contributed by atoms with Gasteiger partial charge in [0.05, 0.1) is 23.4 Å². The van der Waals surface area contributed by atoms with E-state index in [1.165, 1.54) is 0 Å². The highest BCUT2D eigenvalue weighted by atomic mass is 16.6. The van der Waals surface area contributed by atoms with E-state index in [0.717, 1.165) is 5.57 Å². The maximum Gasteiger partial charge on any atom is 0.334 e. The van der Waals surface area contributed by atoms with Gasteiger partial charge < -0.3 is 14.6 Å². The van der Waals surface area contributed by atoms with E-state index in [-0.39, 0.29) is 17.8 Å². The van der Waals surface area contributed by atoms with Crippen molar-refractivity contribution >= 4 is 11.9 Å². The normalized spacial score (nSPS) is 38.4. The van der Waals surface area contributed by atoms with Crippen LogP contribution in [0, 0.1) is 17.8 Å². The summed E-state index contributed by atoms with van der Waals surface area (Å²) in [4.78, 5) is 24.5. The number of ether oxygens (including phenoxy) is 2. The lowest BCUT2D eigenvalue weighted by atomic mass is 9.77. The molecule has 0 bridgehead atoms. The van der Waals surface area contributed by atoms with Gasteiger partial charge >= 0.3 is 11.9 Å². The average molecular weight is 346 g/mol. The molecule has 0 spiro atoms. The Labute approximate surface area is 148 Å². The molecule has 0 aromatic heterocycles. The molecule has 136 valence electrons. The van der Waals surface area contributed by atoms with Crippen LogP contribution in [0.3, 0.4) is 0 Å². The van der Waals surface area contributed by atoms with Crippen LogP contribution in [0.2, 0.25) is 0 Å². The molecular formula is C20H26O5.